The molecule has 0 aliphatic rings. The molecule has 1 aromatic heterocycles. The van der Waals surface area contributed by atoms with Crippen molar-refractivity contribution in [2.24, 2.45) is 0 Å². The van der Waals surface area contributed by atoms with E-state index in [0.29, 0.717) is 11.3 Å². The van der Waals surface area contributed by atoms with Crippen molar-refractivity contribution in [3.05, 3.63) is 60.3 Å². The number of Topliss-reactive ketones (excluding diaryl/α,β-unsaturated/α-hetero) is 1. The number of hydrogen-bond donors (Lipinski definition) is 0. The van der Waals surface area contributed by atoms with E-state index in [1.807, 2.05) is 24.3 Å². The number of carbonyl (C=O) groups is 1. The smallest absolute Gasteiger partial charge is 0.173 e. The van der Waals surface area contributed by atoms with Gasteiger partial charge >= 0.3 is 0 Å². The predicted octanol–water partition coefficient (Wildman–Crippen LogP) is 4.23. The Morgan fingerprint density at radius 3 is 2.50 bits per heavy atom. The number of thioether (sulfide) groups is 1. The normalized spacial score (nSPS) is 10.6. The summed E-state index contributed by atoms with van der Waals surface area (Å²) in [4.78, 5) is 16.8. The summed E-state index contributed by atoms with van der Waals surface area (Å²) in [5.41, 5.74) is 0.668. The molecule has 122 valence electrons. The average molecular weight is 339 g/mol. The van der Waals surface area contributed by atoms with Gasteiger partial charge in [0, 0.05) is 22.5 Å². The Bertz CT molecular complexity index is 862. The van der Waals surface area contributed by atoms with Gasteiger partial charge < -0.3 is 9.47 Å². The maximum atomic E-state index is 12.4. The largest absolute Gasteiger partial charge is 0.497 e. The van der Waals surface area contributed by atoms with Crippen LogP contribution in [0, 0.1) is 0 Å². The van der Waals surface area contributed by atoms with Crippen LogP contribution in [0.25, 0.3) is 10.8 Å². The molecule has 0 bridgehead atoms. The molecule has 0 fully saturated rings. The van der Waals surface area contributed by atoms with Gasteiger partial charge in [-0.25, -0.2) is 4.98 Å². The van der Waals surface area contributed by atoms with E-state index >= 15 is 0 Å². The minimum atomic E-state index is 0.0596. The summed E-state index contributed by atoms with van der Waals surface area (Å²) in [5, 5.41) is 2.81. The van der Waals surface area contributed by atoms with E-state index < -0.39 is 0 Å². The lowest BCUT2D eigenvalue weighted by Crippen LogP contribution is -2.02. The van der Waals surface area contributed by atoms with Crippen molar-refractivity contribution in [3.63, 3.8) is 0 Å². The molecule has 0 unspecified atom stereocenters. The van der Waals surface area contributed by atoms with Gasteiger partial charge in [-0.15, -0.1) is 0 Å². The first-order valence-electron chi connectivity index (χ1n) is 7.44. The maximum absolute atomic E-state index is 12.4. The zero-order valence-corrected chi connectivity index (χ0v) is 14.3. The Morgan fingerprint density at radius 1 is 1.00 bits per heavy atom. The third kappa shape index (κ3) is 3.36. The predicted molar refractivity (Wildman–Crippen MR) is 96.3 cm³/mol. The Morgan fingerprint density at radius 2 is 1.79 bits per heavy atom. The molecule has 0 saturated heterocycles. The van der Waals surface area contributed by atoms with Crippen molar-refractivity contribution < 1.29 is 14.3 Å². The number of ketones is 1. The van der Waals surface area contributed by atoms with E-state index in [2.05, 4.69) is 4.98 Å². The molecule has 0 aliphatic heterocycles. The third-order valence-electron chi connectivity index (χ3n) is 3.70. The van der Waals surface area contributed by atoms with Crippen molar-refractivity contribution in [3.8, 4) is 11.5 Å². The fourth-order valence-electron chi connectivity index (χ4n) is 2.44. The fraction of sp³-hybridized carbons (Fsp3) is 0.158. The van der Waals surface area contributed by atoms with Crippen LogP contribution in [-0.4, -0.2) is 30.7 Å². The number of nitrogens with zero attached hydrogens (tertiary/aromatic N) is 1. The zero-order chi connectivity index (χ0) is 16.9. The first-order valence-corrected chi connectivity index (χ1v) is 8.43. The monoisotopic (exact) mass is 339 g/mol. The molecular weight excluding hydrogens is 322 g/mol. The lowest BCUT2D eigenvalue weighted by molar-refractivity contribution is 0.102. The number of aromatic nitrogens is 1. The number of hydrogen-bond acceptors (Lipinski definition) is 5. The molecule has 1 heterocycles. The average Bonchev–Trinajstić information content (AvgIpc) is 2.65. The number of ether oxygens (including phenoxy) is 2. The Kier molecular flexibility index (Phi) is 5.01. The van der Waals surface area contributed by atoms with Crippen LogP contribution >= 0.6 is 11.8 Å². The van der Waals surface area contributed by atoms with E-state index in [9.17, 15) is 4.79 Å². The van der Waals surface area contributed by atoms with Crippen LogP contribution in [0.1, 0.15) is 10.4 Å². The lowest BCUT2D eigenvalue weighted by atomic mass is 10.1. The van der Waals surface area contributed by atoms with Crippen LogP contribution in [0.15, 0.2) is 59.8 Å². The van der Waals surface area contributed by atoms with Crippen LogP contribution in [0.3, 0.4) is 0 Å². The first kappa shape index (κ1) is 16.3. The van der Waals surface area contributed by atoms with Gasteiger partial charge in [-0.3, -0.25) is 4.79 Å². The van der Waals surface area contributed by atoms with Crippen LogP contribution in [0.2, 0.25) is 0 Å². The first-order chi connectivity index (χ1) is 11.7. The van der Waals surface area contributed by atoms with E-state index in [0.717, 1.165) is 27.3 Å². The number of benzene rings is 2. The quantitative estimate of drug-likeness (QED) is 0.497. The van der Waals surface area contributed by atoms with E-state index in [1.165, 1.54) is 11.8 Å². The summed E-state index contributed by atoms with van der Waals surface area (Å²) >= 11 is 1.43. The van der Waals surface area contributed by atoms with E-state index in [4.69, 9.17) is 9.47 Å². The molecule has 0 radical (unpaired) electrons. The highest BCUT2D eigenvalue weighted by molar-refractivity contribution is 8.00. The number of rotatable bonds is 6. The second-order valence-electron chi connectivity index (χ2n) is 5.11. The molecule has 4 nitrogen and oxygen atoms in total. The van der Waals surface area contributed by atoms with Crippen molar-refractivity contribution >= 4 is 28.3 Å². The summed E-state index contributed by atoms with van der Waals surface area (Å²) in [7, 11) is 3.25. The van der Waals surface area contributed by atoms with Crippen LogP contribution < -0.4 is 9.47 Å². The van der Waals surface area contributed by atoms with Crippen LogP contribution in [-0.2, 0) is 0 Å². The Balaban J connectivity index is 1.79. The van der Waals surface area contributed by atoms with Crippen molar-refractivity contribution in [1.29, 1.82) is 0 Å². The number of fused-ring (bicyclic) bond motifs is 1. The van der Waals surface area contributed by atoms with Gasteiger partial charge in [-0.1, -0.05) is 23.9 Å². The summed E-state index contributed by atoms with van der Waals surface area (Å²) in [6, 6.07) is 14.9. The van der Waals surface area contributed by atoms with E-state index in [1.54, 1.807) is 44.7 Å². The van der Waals surface area contributed by atoms with E-state index in [-0.39, 0.29) is 5.78 Å². The van der Waals surface area contributed by atoms with Gasteiger partial charge in [0.25, 0.3) is 0 Å². The topological polar surface area (TPSA) is 48.4 Å². The molecule has 3 rings (SSSR count). The highest BCUT2D eigenvalue weighted by atomic mass is 32.2. The van der Waals surface area contributed by atoms with Crippen molar-refractivity contribution in [2.45, 2.75) is 5.03 Å². The lowest BCUT2D eigenvalue weighted by Gasteiger charge is -2.08. The maximum Gasteiger partial charge on any atom is 0.173 e. The van der Waals surface area contributed by atoms with Gasteiger partial charge in [-0.2, -0.15) is 0 Å². The molecular formula is C19H17NO3S. The molecule has 0 saturated carbocycles. The summed E-state index contributed by atoms with van der Waals surface area (Å²) in [6.45, 7) is 0. The Labute approximate surface area is 144 Å². The molecule has 3 aromatic rings. The molecule has 0 atom stereocenters. The van der Waals surface area contributed by atoms with Gasteiger partial charge in [0.2, 0.25) is 0 Å². The molecule has 0 spiro atoms. The fourth-order valence-corrected chi connectivity index (χ4v) is 3.34. The SMILES string of the molecule is COc1ccc(C(=O)CSc2nccc3c(OC)cccc23)cc1. The van der Waals surface area contributed by atoms with Gasteiger partial charge in [0.05, 0.1) is 20.0 Å². The standard InChI is InChI=1S/C19H17NO3S/c1-22-14-8-6-13(7-9-14)17(21)12-24-19-16-4-3-5-18(23-2)15(16)10-11-20-19/h3-11H,12H2,1-2H3. The summed E-state index contributed by atoms with van der Waals surface area (Å²) < 4.78 is 10.5. The minimum absolute atomic E-state index is 0.0596. The third-order valence-corrected chi connectivity index (χ3v) is 4.71. The molecule has 0 amide bonds. The van der Waals surface area contributed by atoms with Crippen LogP contribution in [0.4, 0.5) is 0 Å². The Hall–Kier alpha value is -2.53. The van der Waals surface area contributed by atoms with Crippen molar-refractivity contribution in [2.75, 3.05) is 20.0 Å². The van der Waals surface area contributed by atoms with Crippen molar-refractivity contribution in [1.82, 2.24) is 4.98 Å². The van der Waals surface area contributed by atoms with Gasteiger partial charge in [-0.05, 0) is 36.4 Å². The number of pyridine rings is 1. The van der Waals surface area contributed by atoms with Crippen LogP contribution in [0.5, 0.6) is 11.5 Å². The number of carbonyl (C=O) groups excluding carboxylic acids is 1. The second-order valence-corrected chi connectivity index (χ2v) is 6.08. The molecule has 0 N–H and O–H groups in total. The summed E-state index contributed by atoms with van der Waals surface area (Å²) in [5.74, 6) is 1.93. The van der Waals surface area contributed by atoms with Gasteiger partial charge in [0.1, 0.15) is 16.5 Å². The summed E-state index contributed by atoms with van der Waals surface area (Å²) in [6.07, 6.45) is 1.74. The highest BCUT2D eigenvalue weighted by Crippen LogP contribution is 2.31. The molecule has 5 heteroatoms. The van der Waals surface area contributed by atoms with Gasteiger partial charge in [0.15, 0.2) is 5.78 Å². The minimum Gasteiger partial charge on any atom is -0.497 e. The second kappa shape index (κ2) is 7.36. The molecule has 2 aromatic carbocycles. The zero-order valence-electron chi connectivity index (χ0n) is 13.5. The number of methoxy groups -OCH3 is 2. The highest BCUT2D eigenvalue weighted by Gasteiger charge is 2.11. The molecule has 24 heavy (non-hydrogen) atoms. The molecule has 0 aliphatic carbocycles.